The molecule has 0 radical (unpaired) electrons. The van der Waals surface area contributed by atoms with Crippen LogP contribution in [-0.2, 0) is 43.7 Å². The molecule has 3 heterocycles. The fraction of sp³-hybridized carbons (Fsp3) is 0.311. The van der Waals surface area contributed by atoms with Crippen LogP contribution in [-0.4, -0.2) is 9.55 Å². The van der Waals surface area contributed by atoms with Gasteiger partial charge in [-0.2, -0.15) is 47.0 Å². The zero-order valence-electron chi connectivity index (χ0n) is 39.1. The average molecular weight is 1040 g/mol. The van der Waals surface area contributed by atoms with Crippen LogP contribution in [0, 0.1) is 42.5 Å². The molecule has 336 valence electrons. The molecule has 0 N–H and O–H groups in total. The van der Waals surface area contributed by atoms with Gasteiger partial charge in [0.25, 0.3) is 0 Å². The molecule has 66 heavy (non-hydrogen) atoms. The monoisotopic (exact) mass is 1040 g/mol. The molecule has 4 fully saturated rings. The van der Waals surface area contributed by atoms with Gasteiger partial charge in [0.1, 0.15) is 5.82 Å². The summed E-state index contributed by atoms with van der Waals surface area (Å²) in [6.07, 6.45) is 9.60. The maximum Gasteiger partial charge on any atom is 0.135 e. The molecule has 4 bridgehead atoms. The van der Waals surface area contributed by atoms with Crippen molar-refractivity contribution in [2.45, 2.75) is 96.3 Å². The molecule has 5 heteroatoms. The minimum atomic E-state index is -0.0679. The Morgan fingerprint density at radius 1 is 0.591 bits per heavy atom. The van der Waals surface area contributed by atoms with Crippen molar-refractivity contribution < 1.29 is 21.1 Å². The van der Waals surface area contributed by atoms with Gasteiger partial charge in [0, 0.05) is 55.3 Å². The van der Waals surface area contributed by atoms with E-state index in [4.69, 9.17) is 4.98 Å². The summed E-state index contributed by atoms with van der Waals surface area (Å²) in [6, 6.07) is 60.0. The van der Waals surface area contributed by atoms with Crippen molar-refractivity contribution in [1.29, 1.82) is 0 Å². The predicted molar refractivity (Wildman–Crippen MR) is 269 cm³/mol. The number of para-hydroxylation sites is 4. The maximum absolute atomic E-state index is 5.22. The molecular formula is C61H59N4Pt-3. The summed E-state index contributed by atoms with van der Waals surface area (Å²) in [5.41, 5.74) is 14.6. The molecule has 5 aliphatic rings. The van der Waals surface area contributed by atoms with E-state index >= 15 is 0 Å². The molecule has 4 nitrogen and oxygen atoms in total. The van der Waals surface area contributed by atoms with Gasteiger partial charge in [-0.1, -0.05) is 126 Å². The number of hydrogen-bond donors (Lipinski definition) is 0. The van der Waals surface area contributed by atoms with Gasteiger partial charge < -0.3 is 14.4 Å². The molecule has 4 aliphatic carbocycles. The topological polar surface area (TPSA) is 24.3 Å². The normalized spacial score (nSPS) is 22.3. The number of aromatic nitrogens is 2. The summed E-state index contributed by atoms with van der Waals surface area (Å²) >= 11 is 0. The van der Waals surface area contributed by atoms with E-state index in [1.54, 1.807) is 0 Å². The smallest absolute Gasteiger partial charge is 0.135 e. The van der Waals surface area contributed by atoms with Crippen molar-refractivity contribution >= 4 is 44.6 Å². The molecule has 0 spiro atoms. The Bertz CT molecular complexity index is 3080. The molecule has 0 amide bonds. The van der Waals surface area contributed by atoms with Gasteiger partial charge in [-0.15, -0.1) is 23.8 Å². The van der Waals surface area contributed by atoms with E-state index in [2.05, 4.69) is 220 Å². The van der Waals surface area contributed by atoms with Gasteiger partial charge in [0.15, 0.2) is 0 Å². The first kappa shape index (κ1) is 43.1. The Kier molecular flexibility index (Phi) is 10.5. The van der Waals surface area contributed by atoms with Gasteiger partial charge in [-0.3, -0.25) is 0 Å². The quantitative estimate of drug-likeness (QED) is 0.149. The van der Waals surface area contributed by atoms with Gasteiger partial charge in [0.2, 0.25) is 0 Å². The summed E-state index contributed by atoms with van der Waals surface area (Å²) < 4.78 is 2.40. The number of fused-ring (bicyclic) bond motifs is 4. The summed E-state index contributed by atoms with van der Waals surface area (Å²) in [4.78, 5) is 9.91. The van der Waals surface area contributed by atoms with Crippen LogP contribution in [0.3, 0.4) is 0 Å². The Morgan fingerprint density at radius 2 is 1.24 bits per heavy atom. The second-order valence-corrected chi connectivity index (χ2v) is 21.9. The van der Waals surface area contributed by atoms with E-state index in [0.29, 0.717) is 18.3 Å². The van der Waals surface area contributed by atoms with E-state index in [-0.39, 0.29) is 37.3 Å². The third kappa shape index (κ3) is 6.99. The zero-order valence-corrected chi connectivity index (χ0v) is 41.4. The van der Waals surface area contributed by atoms with Crippen LogP contribution in [0.15, 0.2) is 146 Å². The molecule has 13 rings (SSSR count). The largest absolute Gasteiger partial charge is 0.493 e. The zero-order chi connectivity index (χ0) is 44.2. The van der Waals surface area contributed by atoms with Crippen LogP contribution in [0.25, 0.3) is 27.6 Å². The first-order valence-electron chi connectivity index (χ1n) is 24.1. The summed E-state index contributed by atoms with van der Waals surface area (Å²) in [5.74, 6) is 4.07. The Hall–Kier alpha value is -5.44. The molecule has 2 aromatic heterocycles. The standard InChI is InChI=1S/C61H59N4.Pt/c1-59(2,3)46-30-43(35-49(37-46)63-39-64(56-23-15-14-22-55(56)63)54-21-13-11-19-52(54)60(4,5)6)28-40-24-25-51-50-18-10-12-20-53(50)65(57(51)36-40)58-38-45(26-27-62-58)61(44-16-8-7-9-17-44)47-31-41-29-42(33-47)34-48(61)32-41;/h7-27,30,37-39,41-42,47-48H,28-29,31-34H2,1-6H3;/q-3;. The molecule has 1 aliphatic heterocycles. The van der Waals surface area contributed by atoms with E-state index in [1.165, 1.54) is 82.0 Å². The summed E-state index contributed by atoms with van der Waals surface area (Å²) in [6.45, 7) is 16.1. The van der Waals surface area contributed by atoms with E-state index in [0.717, 1.165) is 45.7 Å². The van der Waals surface area contributed by atoms with Crippen LogP contribution in [0.5, 0.6) is 0 Å². The first-order valence-corrected chi connectivity index (χ1v) is 24.1. The fourth-order valence-electron chi connectivity index (χ4n) is 13.1. The van der Waals surface area contributed by atoms with Crippen molar-refractivity contribution in [2.75, 3.05) is 9.80 Å². The Labute approximate surface area is 406 Å². The SMILES string of the molecule is CC(C)(C)c1cc(Cc2[c-]c3c(cc2)c2ccccc2n3-c2cc(C3(c4ccccc4)C4CC5CC(C4)CC3C5)ccn2)[c-]c(N2[CH-]N(c3ccccc3C(C)(C)C)c3ccccc32)c1.[Pt]. The number of benzene rings is 6. The van der Waals surface area contributed by atoms with Crippen molar-refractivity contribution in [2.24, 2.45) is 23.7 Å². The van der Waals surface area contributed by atoms with E-state index < -0.39 is 0 Å². The first-order chi connectivity index (χ1) is 31.4. The van der Waals surface area contributed by atoms with Crippen LogP contribution in [0.1, 0.15) is 107 Å². The van der Waals surface area contributed by atoms with E-state index in [9.17, 15) is 0 Å². The maximum atomic E-state index is 5.22. The third-order valence-electron chi connectivity index (χ3n) is 15.8. The molecule has 0 atom stereocenters. The fourth-order valence-corrected chi connectivity index (χ4v) is 13.1. The van der Waals surface area contributed by atoms with E-state index in [1.807, 2.05) is 0 Å². The Morgan fingerprint density at radius 3 is 1.95 bits per heavy atom. The van der Waals surface area contributed by atoms with Crippen molar-refractivity contribution in [3.8, 4) is 5.82 Å². The molecule has 0 unspecified atom stereocenters. The van der Waals surface area contributed by atoms with Gasteiger partial charge in [-0.05, 0) is 132 Å². The second-order valence-electron chi connectivity index (χ2n) is 21.9. The van der Waals surface area contributed by atoms with Crippen LogP contribution < -0.4 is 9.80 Å². The number of pyridine rings is 1. The van der Waals surface area contributed by atoms with Crippen molar-refractivity contribution in [1.82, 2.24) is 9.55 Å². The second kappa shape index (κ2) is 16.1. The van der Waals surface area contributed by atoms with Crippen LogP contribution >= 0.6 is 0 Å². The number of hydrogen-bond acceptors (Lipinski definition) is 3. The van der Waals surface area contributed by atoms with Gasteiger partial charge >= 0.3 is 0 Å². The molecule has 6 aromatic carbocycles. The molecular weight excluding hydrogens is 984 g/mol. The Balaban J connectivity index is 0.00000481. The molecule has 8 aromatic rings. The molecule has 4 saturated carbocycles. The average Bonchev–Trinajstić information content (AvgIpc) is 3.85. The van der Waals surface area contributed by atoms with Crippen molar-refractivity contribution in [3.05, 3.63) is 198 Å². The van der Waals surface area contributed by atoms with Gasteiger partial charge in [-0.25, -0.2) is 4.98 Å². The number of rotatable bonds is 7. The predicted octanol–water partition coefficient (Wildman–Crippen LogP) is 15.1. The third-order valence-corrected chi connectivity index (χ3v) is 15.8. The van der Waals surface area contributed by atoms with Crippen LogP contribution in [0.4, 0.5) is 22.7 Å². The minimum Gasteiger partial charge on any atom is -0.493 e. The molecule has 0 saturated heterocycles. The van der Waals surface area contributed by atoms with Crippen molar-refractivity contribution in [3.63, 3.8) is 0 Å². The van der Waals surface area contributed by atoms with Crippen LogP contribution in [0.2, 0.25) is 0 Å². The van der Waals surface area contributed by atoms with Gasteiger partial charge in [0.05, 0.1) is 0 Å². The minimum absolute atomic E-state index is 0. The summed E-state index contributed by atoms with van der Waals surface area (Å²) in [5, 5.41) is 2.44. The number of nitrogens with zero attached hydrogens (tertiary/aromatic N) is 4. The summed E-state index contributed by atoms with van der Waals surface area (Å²) in [7, 11) is 0. The number of anilines is 4.